The first-order valence-corrected chi connectivity index (χ1v) is 9.48. The van der Waals surface area contributed by atoms with Crippen LogP contribution in [0.3, 0.4) is 0 Å². The van der Waals surface area contributed by atoms with Gasteiger partial charge in [0, 0.05) is 12.2 Å². The van der Waals surface area contributed by atoms with Crippen molar-refractivity contribution in [2.75, 3.05) is 25.7 Å². The Morgan fingerprint density at radius 2 is 2.00 bits per heavy atom. The lowest BCUT2D eigenvalue weighted by Gasteiger charge is -2.34. The van der Waals surface area contributed by atoms with Crippen molar-refractivity contribution >= 4 is 29.1 Å². The Morgan fingerprint density at radius 3 is 2.68 bits per heavy atom. The van der Waals surface area contributed by atoms with Crippen LogP contribution in [0.5, 0.6) is 11.5 Å². The second-order valence-corrected chi connectivity index (χ2v) is 7.41. The molecule has 2 aromatic carbocycles. The molecule has 0 spiro atoms. The van der Waals surface area contributed by atoms with Gasteiger partial charge in [-0.3, -0.25) is 9.59 Å². The van der Waals surface area contributed by atoms with E-state index in [2.05, 4.69) is 0 Å². The first-order chi connectivity index (χ1) is 13.5. The van der Waals surface area contributed by atoms with Crippen molar-refractivity contribution in [3.63, 3.8) is 0 Å². The number of piperazine rings is 1. The van der Waals surface area contributed by atoms with Gasteiger partial charge in [0.05, 0.1) is 31.7 Å². The van der Waals surface area contributed by atoms with E-state index < -0.39 is 6.04 Å². The summed E-state index contributed by atoms with van der Waals surface area (Å²) in [5, 5.41) is 0.460. The van der Waals surface area contributed by atoms with Crippen LogP contribution in [0.4, 0.5) is 5.69 Å². The summed E-state index contributed by atoms with van der Waals surface area (Å²) in [6.45, 7) is 0.531. The number of hydrogen-bond acceptors (Lipinski definition) is 4. The molecule has 6 nitrogen and oxygen atoms in total. The second kappa shape index (κ2) is 7.36. The van der Waals surface area contributed by atoms with E-state index in [-0.39, 0.29) is 24.3 Å². The van der Waals surface area contributed by atoms with Gasteiger partial charge in [-0.15, -0.1) is 0 Å². The van der Waals surface area contributed by atoms with E-state index in [0.29, 0.717) is 29.5 Å². The van der Waals surface area contributed by atoms with E-state index in [9.17, 15) is 9.59 Å². The Hall–Kier alpha value is -2.73. The highest BCUT2D eigenvalue weighted by molar-refractivity contribution is 6.32. The van der Waals surface area contributed by atoms with E-state index in [1.165, 1.54) is 0 Å². The fourth-order valence-corrected chi connectivity index (χ4v) is 4.30. The van der Waals surface area contributed by atoms with Crippen molar-refractivity contribution in [3.05, 3.63) is 53.1 Å². The van der Waals surface area contributed by atoms with Crippen LogP contribution in [0.25, 0.3) is 0 Å². The van der Waals surface area contributed by atoms with Gasteiger partial charge in [0.1, 0.15) is 17.5 Å². The molecule has 0 radical (unpaired) electrons. The maximum atomic E-state index is 12.9. The summed E-state index contributed by atoms with van der Waals surface area (Å²) in [5.74, 6) is 1.18. The highest BCUT2D eigenvalue weighted by Gasteiger charge is 2.51. The van der Waals surface area contributed by atoms with Gasteiger partial charge in [-0.25, -0.2) is 0 Å². The first-order valence-electron chi connectivity index (χ1n) is 9.11. The average molecular weight is 401 g/mol. The van der Waals surface area contributed by atoms with E-state index >= 15 is 0 Å². The zero-order valence-electron chi connectivity index (χ0n) is 15.7. The topological polar surface area (TPSA) is 59.1 Å². The Morgan fingerprint density at radius 1 is 1.18 bits per heavy atom. The van der Waals surface area contributed by atoms with Crippen LogP contribution in [0, 0.1) is 0 Å². The summed E-state index contributed by atoms with van der Waals surface area (Å²) < 4.78 is 10.4. The lowest BCUT2D eigenvalue weighted by Crippen LogP contribution is -2.52. The summed E-state index contributed by atoms with van der Waals surface area (Å²) in [7, 11) is 3.15. The normalized spacial score (nSPS) is 20.6. The van der Waals surface area contributed by atoms with Crippen LogP contribution >= 0.6 is 11.6 Å². The second-order valence-electron chi connectivity index (χ2n) is 7.01. The minimum Gasteiger partial charge on any atom is -0.497 e. The molecular formula is C21H21ClN2O4. The van der Waals surface area contributed by atoms with Crippen molar-refractivity contribution < 1.29 is 19.1 Å². The van der Waals surface area contributed by atoms with Crippen LogP contribution in [0.2, 0.25) is 5.02 Å². The molecule has 0 aromatic heterocycles. The van der Waals surface area contributed by atoms with Crippen LogP contribution in [-0.4, -0.2) is 49.6 Å². The fraction of sp³-hybridized carbons (Fsp3) is 0.333. The third kappa shape index (κ3) is 3.18. The summed E-state index contributed by atoms with van der Waals surface area (Å²) >= 11 is 6.21. The van der Waals surface area contributed by atoms with Gasteiger partial charge in [-0.2, -0.15) is 0 Å². The maximum absolute atomic E-state index is 12.9. The smallest absolute Gasteiger partial charge is 0.250 e. The summed E-state index contributed by atoms with van der Waals surface area (Å²) in [4.78, 5) is 29.2. The Bertz CT molecular complexity index is 932. The molecule has 0 unspecified atom stereocenters. The zero-order chi connectivity index (χ0) is 19.8. The molecule has 7 heteroatoms. The van der Waals surface area contributed by atoms with E-state index in [0.717, 1.165) is 11.3 Å². The quantitative estimate of drug-likeness (QED) is 0.774. The van der Waals surface area contributed by atoms with Crippen LogP contribution in [0.1, 0.15) is 12.0 Å². The number of carbonyl (C=O) groups is 2. The minimum absolute atomic E-state index is 0.0313. The van der Waals surface area contributed by atoms with E-state index in [4.69, 9.17) is 21.1 Å². The molecule has 2 amide bonds. The predicted molar refractivity (Wildman–Crippen MR) is 106 cm³/mol. The number of amides is 2. The monoisotopic (exact) mass is 400 g/mol. The molecule has 0 aliphatic carbocycles. The lowest BCUT2D eigenvalue weighted by molar-refractivity contribution is -0.137. The van der Waals surface area contributed by atoms with Gasteiger partial charge in [0.25, 0.3) is 0 Å². The number of fused-ring (bicyclic) bond motifs is 2. The number of anilines is 1. The lowest BCUT2D eigenvalue weighted by atomic mass is 10.1. The molecule has 2 fully saturated rings. The third-order valence-electron chi connectivity index (χ3n) is 5.39. The molecule has 2 aromatic rings. The van der Waals surface area contributed by atoms with Gasteiger partial charge in [-0.1, -0.05) is 23.7 Å². The summed E-state index contributed by atoms with van der Waals surface area (Å²) in [5.41, 5.74) is 1.61. The SMILES string of the molecule is COc1cccc(CC(=O)N2C[C@@H]3C[C@H]2C(=O)N3c2ccc(OC)c(Cl)c2)c1. The Balaban J connectivity index is 1.48. The van der Waals surface area contributed by atoms with Crippen molar-refractivity contribution in [3.8, 4) is 11.5 Å². The molecule has 2 bridgehead atoms. The van der Waals surface area contributed by atoms with Crippen molar-refractivity contribution in [1.29, 1.82) is 0 Å². The molecule has 2 atom stereocenters. The standard InChI is InChI=1S/C21H21ClN2O4/c1-27-16-5-3-4-13(8-16)9-20(25)23-12-15-11-18(23)21(26)24(15)14-6-7-19(28-2)17(22)10-14/h3-8,10,15,18H,9,11-12H2,1-2H3/t15-,18-/m0/s1. The maximum Gasteiger partial charge on any atom is 0.250 e. The number of carbonyl (C=O) groups excluding carboxylic acids is 2. The Kier molecular flexibility index (Phi) is 4.89. The minimum atomic E-state index is -0.413. The zero-order valence-corrected chi connectivity index (χ0v) is 16.5. The average Bonchev–Trinajstić information content (AvgIpc) is 3.26. The molecule has 4 rings (SSSR count). The number of rotatable bonds is 5. The van der Waals surface area contributed by atoms with E-state index in [1.807, 2.05) is 30.3 Å². The van der Waals surface area contributed by atoms with Crippen molar-refractivity contribution in [2.24, 2.45) is 0 Å². The highest BCUT2D eigenvalue weighted by atomic mass is 35.5. The first kappa shape index (κ1) is 18.6. The molecule has 0 N–H and O–H groups in total. The molecule has 2 heterocycles. The molecule has 2 saturated heterocycles. The molecule has 2 aliphatic rings. The highest BCUT2D eigenvalue weighted by Crippen LogP contribution is 2.38. The molecule has 2 aliphatic heterocycles. The number of halogens is 1. The number of methoxy groups -OCH3 is 2. The van der Waals surface area contributed by atoms with Gasteiger partial charge >= 0.3 is 0 Å². The number of hydrogen-bond donors (Lipinski definition) is 0. The number of nitrogens with zero attached hydrogens (tertiary/aromatic N) is 2. The summed E-state index contributed by atoms with van der Waals surface area (Å²) in [6.07, 6.45) is 0.897. The van der Waals surface area contributed by atoms with Crippen LogP contribution in [0.15, 0.2) is 42.5 Å². The van der Waals surface area contributed by atoms with Gasteiger partial charge in [-0.05, 0) is 42.3 Å². The van der Waals surface area contributed by atoms with E-state index in [1.54, 1.807) is 36.2 Å². The molecule has 146 valence electrons. The largest absolute Gasteiger partial charge is 0.497 e. The van der Waals surface area contributed by atoms with Crippen LogP contribution in [-0.2, 0) is 16.0 Å². The van der Waals surface area contributed by atoms with Crippen molar-refractivity contribution in [1.82, 2.24) is 4.90 Å². The summed E-state index contributed by atoms with van der Waals surface area (Å²) in [6, 6.07) is 12.3. The van der Waals surface area contributed by atoms with Crippen LogP contribution < -0.4 is 14.4 Å². The van der Waals surface area contributed by atoms with Crippen molar-refractivity contribution in [2.45, 2.75) is 24.9 Å². The molecule has 0 saturated carbocycles. The Labute approximate surface area is 168 Å². The fourth-order valence-electron chi connectivity index (χ4n) is 4.05. The molecule has 28 heavy (non-hydrogen) atoms. The van der Waals surface area contributed by atoms with Gasteiger partial charge < -0.3 is 19.3 Å². The van der Waals surface area contributed by atoms with Gasteiger partial charge in [0.2, 0.25) is 11.8 Å². The number of likely N-dealkylation sites (tertiary alicyclic amines) is 1. The number of benzene rings is 2. The third-order valence-corrected chi connectivity index (χ3v) is 5.69. The number of ether oxygens (including phenoxy) is 2. The molecular weight excluding hydrogens is 380 g/mol. The van der Waals surface area contributed by atoms with Gasteiger partial charge in [0.15, 0.2) is 0 Å². The predicted octanol–water partition coefficient (Wildman–Crippen LogP) is 2.92.